The van der Waals surface area contributed by atoms with Crippen LogP contribution in [0.25, 0.3) is 0 Å². The summed E-state index contributed by atoms with van der Waals surface area (Å²) in [4.78, 5) is 6.90. The molecule has 1 aromatic carbocycles. The second-order valence-electron chi connectivity index (χ2n) is 7.35. The number of likely N-dealkylation sites (tertiary alicyclic amines) is 1. The number of nitrogens with one attached hydrogen (secondary N) is 1. The normalized spacial score (nSPS) is 23.1. The number of guanidine groups is 1. The number of aliphatic imine (C=N–C) groups is 1. The van der Waals surface area contributed by atoms with Crippen molar-refractivity contribution >= 4 is 5.96 Å². The van der Waals surface area contributed by atoms with Crippen molar-refractivity contribution in [3.05, 3.63) is 53.9 Å². The molecule has 1 unspecified atom stereocenters. The van der Waals surface area contributed by atoms with Crippen molar-refractivity contribution < 1.29 is 4.74 Å². The molecule has 2 aromatic rings. The molecular formula is C20H27N5O. The zero-order valence-electron chi connectivity index (χ0n) is 15.4. The van der Waals surface area contributed by atoms with Crippen molar-refractivity contribution in [2.45, 2.75) is 25.9 Å². The summed E-state index contributed by atoms with van der Waals surface area (Å²) in [6, 6.07) is 10.5. The highest BCUT2D eigenvalue weighted by Gasteiger charge is 2.42. The minimum absolute atomic E-state index is 0.343. The molecule has 2 saturated heterocycles. The lowest BCUT2D eigenvalue weighted by Crippen LogP contribution is -2.41. The molecule has 6 nitrogen and oxygen atoms in total. The van der Waals surface area contributed by atoms with Gasteiger partial charge in [-0.25, -0.2) is 0 Å². The Balaban J connectivity index is 1.40. The van der Waals surface area contributed by atoms with Crippen LogP contribution in [0.4, 0.5) is 0 Å². The van der Waals surface area contributed by atoms with Gasteiger partial charge >= 0.3 is 0 Å². The van der Waals surface area contributed by atoms with Gasteiger partial charge in [-0.3, -0.25) is 9.67 Å². The van der Waals surface area contributed by atoms with Crippen LogP contribution in [0.15, 0.2) is 47.7 Å². The van der Waals surface area contributed by atoms with Crippen LogP contribution in [-0.2, 0) is 17.8 Å². The lowest BCUT2D eigenvalue weighted by molar-refractivity contribution is 0.156. The zero-order valence-corrected chi connectivity index (χ0v) is 15.4. The third-order valence-corrected chi connectivity index (χ3v) is 5.58. The van der Waals surface area contributed by atoms with Crippen LogP contribution in [0.5, 0.6) is 0 Å². The molecule has 3 heterocycles. The first-order valence-electron chi connectivity index (χ1n) is 9.36. The van der Waals surface area contributed by atoms with E-state index < -0.39 is 0 Å². The van der Waals surface area contributed by atoms with Gasteiger partial charge < -0.3 is 15.0 Å². The molecule has 26 heavy (non-hydrogen) atoms. The maximum Gasteiger partial charge on any atom is 0.193 e. The van der Waals surface area contributed by atoms with E-state index in [2.05, 4.69) is 44.6 Å². The van der Waals surface area contributed by atoms with Crippen LogP contribution in [-0.4, -0.2) is 54.0 Å². The first-order chi connectivity index (χ1) is 12.8. The summed E-state index contributed by atoms with van der Waals surface area (Å²) in [6.07, 6.45) is 6.19. The largest absolute Gasteiger partial charge is 0.381 e. The molecule has 0 aliphatic carbocycles. The zero-order chi connectivity index (χ0) is 17.8. The second kappa shape index (κ2) is 7.50. The van der Waals surface area contributed by atoms with E-state index in [9.17, 15) is 0 Å². The summed E-state index contributed by atoms with van der Waals surface area (Å²) in [5.74, 6) is 0.989. The molecule has 0 radical (unpaired) electrons. The average Bonchev–Trinajstić information content (AvgIpc) is 3.41. The van der Waals surface area contributed by atoms with Gasteiger partial charge in [-0.1, -0.05) is 24.3 Å². The molecule has 0 bridgehead atoms. The predicted octanol–water partition coefficient (Wildman–Crippen LogP) is 2.12. The molecule has 138 valence electrons. The molecule has 0 saturated carbocycles. The van der Waals surface area contributed by atoms with Gasteiger partial charge in [-0.2, -0.15) is 5.10 Å². The predicted molar refractivity (Wildman–Crippen MR) is 102 cm³/mol. The first kappa shape index (κ1) is 17.1. The highest BCUT2D eigenvalue weighted by atomic mass is 16.5. The summed E-state index contributed by atoms with van der Waals surface area (Å²) in [5, 5.41) is 7.88. The van der Waals surface area contributed by atoms with Crippen molar-refractivity contribution in [3.63, 3.8) is 0 Å². The van der Waals surface area contributed by atoms with Crippen LogP contribution in [0, 0.1) is 5.41 Å². The fraction of sp³-hybridized carbons (Fsp3) is 0.500. The molecule has 1 N–H and O–H groups in total. The first-order valence-corrected chi connectivity index (χ1v) is 9.36. The molecule has 1 aromatic heterocycles. The van der Waals surface area contributed by atoms with Gasteiger partial charge in [0.05, 0.1) is 13.2 Å². The van der Waals surface area contributed by atoms with E-state index in [1.807, 2.05) is 30.2 Å². The summed E-state index contributed by atoms with van der Waals surface area (Å²) < 4.78 is 7.60. The van der Waals surface area contributed by atoms with Crippen molar-refractivity contribution in [3.8, 4) is 0 Å². The molecule has 4 rings (SSSR count). The highest BCUT2D eigenvalue weighted by Crippen LogP contribution is 2.38. The Labute approximate surface area is 154 Å². The third-order valence-electron chi connectivity index (χ3n) is 5.58. The van der Waals surface area contributed by atoms with Gasteiger partial charge in [0.2, 0.25) is 0 Å². The second-order valence-corrected chi connectivity index (χ2v) is 7.35. The molecule has 1 spiro atoms. The van der Waals surface area contributed by atoms with Crippen LogP contribution in [0.2, 0.25) is 0 Å². The number of hydrogen-bond acceptors (Lipinski definition) is 3. The van der Waals surface area contributed by atoms with Crippen molar-refractivity contribution in [2.24, 2.45) is 10.4 Å². The van der Waals surface area contributed by atoms with Crippen molar-refractivity contribution in [1.82, 2.24) is 20.0 Å². The third kappa shape index (κ3) is 3.60. The van der Waals surface area contributed by atoms with Gasteiger partial charge in [0.1, 0.15) is 0 Å². The lowest BCUT2D eigenvalue weighted by Gasteiger charge is -2.25. The Hall–Kier alpha value is -2.34. The summed E-state index contributed by atoms with van der Waals surface area (Å²) >= 11 is 0. The van der Waals surface area contributed by atoms with Gasteiger partial charge in [0, 0.05) is 51.1 Å². The van der Waals surface area contributed by atoms with Gasteiger partial charge in [0.25, 0.3) is 0 Å². The van der Waals surface area contributed by atoms with E-state index in [1.165, 1.54) is 24.0 Å². The molecule has 2 aliphatic heterocycles. The summed E-state index contributed by atoms with van der Waals surface area (Å²) in [5.41, 5.74) is 2.90. The topological polar surface area (TPSA) is 54.7 Å². The molecule has 0 amide bonds. The summed E-state index contributed by atoms with van der Waals surface area (Å²) in [7, 11) is 1.87. The van der Waals surface area contributed by atoms with Crippen molar-refractivity contribution in [2.75, 3.05) is 33.4 Å². The maximum atomic E-state index is 5.64. The van der Waals surface area contributed by atoms with Gasteiger partial charge in [-0.05, 0) is 30.0 Å². The summed E-state index contributed by atoms with van der Waals surface area (Å²) in [6.45, 7) is 5.45. The van der Waals surface area contributed by atoms with Gasteiger partial charge in [-0.15, -0.1) is 0 Å². The van der Waals surface area contributed by atoms with E-state index in [-0.39, 0.29) is 0 Å². The molecule has 6 heteroatoms. The number of hydrogen-bond donors (Lipinski definition) is 1. The van der Waals surface area contributed by atoms with E-state index >= 15 is 0 Å². The van der Waals surface area contributed by atoms with E-state index in [0.717, 1.165) is 45.4 Å². The Kier molecular flexibility index (Phi) is 4.93. The minimum atomic E-state index is 0.343. The Morgan fingerprint density at radius 1 is 1.27 bits per heavy atom. The fourth-order valence-corrected chi connectivity index (χ4v) is 4.05. The van der Waals surface area contributed by atoms with E-state index in [0.29, 0.717) is 5.41 Å². The van der Waals surface area contributed by atoms with Gasteiger partial charge in [0.15, 0.2) is 5.96 Å². The standard InChI is InChI=1S/C20H27N5O/c1-21-19(24-11-7-20(15-24)8-12-26-16-20)22-13-17-5-2-3-6-18(17)14-25-10-4-9-23-25/h2-6,9-10H,7-8,11-16H2,1H3,(H,21,22). The number of benzene rings is 1. The lowest BCUT2D eigenvalue weighted by atomic mass is 9.87. The Morgan fingerprint density at radius 3 is 2.88 bits per heavy atom. The monoisotopic (exact) mass is 353 g/mol. The average molecular weight is 353 g/mol. The van der Waals surface area contributed by atoms with Crippen LogP contribution in [0.3, 0.4) is 0 Å². The number of aromatic nitrogens is 2. The van der Waals surface area contributed by atoms with Crippen LogP contribution in [0.1, 0.15) is 24.0 Å². The van der Waals surface area contributed by atoms with E-state index in [4.69, 9.17) is 4.74 Å². The van der Waals surface area contributed by atoms with Crippen LogP contribution < -0.4 is 5.32 Å². The molecule has 2 aliphatic rings. The fourth-order valence-electron chi connectivity index (χ4n) is 4.05. The number of nitrogens with zero attached hydrogens (tertiary/aromatic N) is 4. The SMILES string of the molecule is CN=C(NCc1ccccc1Cn1cccn1)N1CCC2(CCOC2)C1. The molecule has 1 atom stereocenters. The van der Waals surface area contributed by atoms with E-state index in [1.54, 1.807) is 0 Å². The molecule has 2 fully saturated rings. The maximum absolute atomic E-state index is 5.64. The Morgan fingerprint density at radius 2 is 2.15 bits per heavy atom. The minimum Gasteiger partial charge on any atom is -0.381 e. The smallest absolute Gasteiger partial charge is 0.193 e. The van der Waals surface area contributed by atoms with Crippen LogP contribution >= 0.6 is 0 Å². The molecular weight excluding hydrogens is 326 g/mol. The number of rotatable bonds is 4. The van der Waals surface area contributed by atoms with Crippen molar-refractivity contribution in [1.29, 1.82) is 0 Å². The highest BCUT2D eigenvalue weighted by molar-refractivity contribution is 5.80. The quantitative estimate of drug-likeness (QED) is 0.676. The number of ether oxygens (including phenoxy) is 1. The Bertz CT molecular complexity index is 749.